The van der Waals surface area contributed by atoms with Crippen molar-refractivity contribution in [2.75, 3.05) is 23.7 Å². The van der Waals surface area contributed by atoms with Crippen LogP contribution in [0.2, 0.25) is 0 Å². The number of carbonyl (C=O) groups is 1. The lowest BCUT2D eigenvalue weighted by Gasteiger charge is -2.29. The molecule has 1 aliphatic rings. The molecule has 0 unspecified atom stereocenters. The third-order valence-electron chi connectivity index (χ3n) is 4.86. The summed E-state index contributed by atoms with van der Waals surface area (Å²) in [6, 6.07) is 5.25. The molecule has 146 valence electrons. The van der Waals surface area contributed by atoms with E-state index in [0.717, 1.165) is 30.8 Å². The third kappa shape index (κ3) is 4.50. The highest BCUT2D eigenvalue weighted by Gasteiger charge is 2.24. The maximum absolute atomic E-state index is 12.5. The zero-order valence-corrected chi connectivity index (χ0v) is 16.8. The Morgan fingerprint density at radius 2 is 2.15 bits per heavy atom. The lowest BCUT2D eigenvalue weighted by Crippen LogP contribution is -2.35. The molecule has 0 bridgehead atoms. The molecule has 0 radical (unpaired) electrons. The highest BCUT2D eigenvalue weighted by molar-refractivity contribution is 7.92. The van der Waals surface area contributed by atoms with E-state index < -0.39 is 10.0 Å². The standard InChI is InChI=1S/C19H26N4O3S/c1-14(13-22-10-8-20-15(22)2)12-21-19(24)17-6-7-18-16(11-17)5-4-9-23(18)27(3,25)26/h6-8,10-11,14H,4-5,9,12-13H2,1-3H3,(H,21,24)/t14-/m0/s1. The second kappa shape index (κ2) is 7.72. The quantitative estimate of drug-likeness (QED) is 0.817. The molecule has 0 spiro atoms. The Morgan fingerprint density at radius 1 is 1.37 bits per heavy atom. The summed E-state index contributed by atoms with van der Waals surface area (Å²) in [5, 5.41) is 2.97. The van der Waals surface area contributed by atoms with E-state index in [4.69, 9.17) is 0 Å². The van der Waals surface area contributed by atoms with Crippen molar-refractivity contribution in [3.63, 3.8) is 0 Å². The molecule has 0 aliphatic carbocycles. The van der Waals surface area contributed by atoms with Crippen molar-refractivity contribution in [2.24, 2.45) is 5.92 Å². The highest BCUT2D eigenvalue weighted by atomic mass is 32.2. The van der Waals surface area contributed by atoms with Crippen molar-refractivity contribution in [3.05, 3.63) is 47.5 Å². The average molecular weight is 391 g/mol. The van der Waals surface area contributed by atoms with Crippen LogP contribution in [0.5, 0.6) is 0 Å². The largest absolute Gasteiger partial charge is 0.352 e. The lowest BCUT2D eigenvalue weighted by molar-refractivity contribution is 0.0946. The van der Waals surface area contributed by atoms with E-state index in [0.29, 0.717) is 24.3 Å². The van der Waals surface area contributed by atoms with Crippen molar-refractivity contribution in [1.82, 2.24) is 14.9 Å². The smallest absolute Gasteiger partial charge is 0.251 e. The predicted octanol–water partition coefficient (Wildman–Crippen LogP) is 1.97. The van der Waals surface area contributed by atoms with Crippen LogP contribution >= 0.6 is 0 Å². The van der Waals surface area contributed by atoms with Crippen molar-refractivity contribution >= 4 is 21.6 Å². The Balaban J connectivity index is 1.65. The van der Waals surface area contributed by atoms with Crippen LogP contribution in [0.4, 0.5) is 5.69 Å². The molecular formula is C19H26N4O3S. The van der Waals surface area contributed by atoms with Crippen LogP contribution in [0.25, 0.3) is 0 Å². The number of aromatic nitrogens is 2. The van der Waals surface area contributed by atoms with Crippen molar-refractivity contribution in [2.45, 2.75) is 33.2 Å². The van der Waals surface area contributed by atoms with Gasteiger partial charge in [-0.25, -0.2) is 13.4 Å². The number of carbonyl (C=O) groups excluding carboxylic acids is 1. The molecule has 0 fully saturated rings. The first kappa shape index (κ1) is 19.4. The number of hydrogen-bond donors (Lipinski definition) is 1. The molecule has 0 saturated carbocycles. The summed E-state index contributed by atoms with van der Waals surface area (Å²) in [5.74, 6) is 1.09. The van der Waals surface area contributed by atoms with Crippen LogP contribution in [0.15, 0.2) is 30.6 Å². The van der Waals surface area contributed by atoms with Gasteiger partial charge < -0.3 is 9.88 Å². The summed E-state index contributed by atoms with van der Waals surface area (Å²) >= 11 is 0. The minimum atomic E-state index is -3.30. The van der Waals surface area contributed by atoms with E-state index in [1.54, 1.807) is 18.3 Å². The maximum atomic E-state index is 12.5. The monoisotopic (exact) mass is 390 g/mol. The fraction of sp³-hybridized carbons (Fsp3) is 0.474. The van der Waals surface area contributed by atoms with Crippen LogP contribution in [0.3, 0.4) is 0 Å². The molecule has 2 aromatic rings. The van der Waals surface area contributed by atoms with Gasteiger partial charge in [0, 0.05) is 37.6 Å². The lowest BCUT2D eigenvalue weighted by atomic mass is 10.0. The summed E-state index contributed by atoms with van der Waals surface area (Å²) in [6.45, 7) is 5.87. The van der Waals surface area contributed by atoms with Gasteiger partial charge in [0.25, 0.3) is 5.91 Å². The minimum Gasteiger partial charge on any atom is -0.352 e. The zero-order chi connectivity index (χ0) is 19.6. The summed E-state index contributed by atoms with van der Waals surface area (Å²) in [6.07, 6.45) is 6.45. The summed E-state index contributed by atoms with van der Waals surface area (Å²) in [7, 11) is -3.30. The van der Waals surface area contributed by atoms with Crippen LogP contribution in [-0.4, -0.2) is 43.2 Å². The van der Waals surface area contributed by atoms with E-state index in [2.05, 4.69) is 21.8 Å². The van der Waals surface area contributed by atoms with Gasteiger partial charge in [-0.05, 0) is 49.4 Å². The number of nitrogens with zero attached hydrogens (tertiary/aromatic N) is 3. The molecular weight excluding hydrogens is 364 g/mol. The van der Waals surface area contributed by atoms with E-state index in [1.165, 1.54) is 10.6 Å². The molecule has 1 atom stereocenters. The number of anilines is 1. The molecule has 3 rings (SSSR count). The first-order chi connectivity index (χ1) is 12.8. The minimum absolute atomic E-state index is 0.136. The first-order valence-electron chi connectivity index (χ1n) is 9.12. The second-order valence-corrected chi connectivity index (χ2v) is 9.13. The Labute approximate surface area is 160 Å². The van der Waals surface area contributed by atoms with Crippen LogP contribution in [0, 0.1) is 12.8 Å². The summed E-state index contributed by atoms with van der Waals surface area (Å²) in [4.78, 5) is 16.7. The average Bonchev–Trinajstić information content (AvgIpc) is 3.02. The van der Waals surface area contributed by atoms with Crippen molar-refractivity contribution in [3.8, 4) is 0 Å². The van der Waals surface area contributed by atoms with E-state index in [1.807, 2.05) is 19.2 Å². The normalized spacial score (nSPS) is 15.3. The molecule has 8 heteroatoms. The zero-order valence-electron chi connectivity index (χ0n) is 16.0. The van der Waals surface area contributed by atoms with Crippen LogP contribution in [-0.2, 0) is 23.0 Å². The maximum Gasteiger partial charge on any atom is 0.251 e. The number of benzene rings is 1. The molecule has 27 heavy (non-hydrogen) atoms. The Hall–Kier alpha value is -2.35. The number of aryl methyl sites for hydroxylation is 2. The van der Waals surface area contributed by atoms with E-state index in [9.17, 15) is 13.2 Å². The topological polar surface area (TPSA) is 84.3 Å². The number of hydrogen-bond acceptors (Lipinski definition) is 4. The Morgan fingerprint density at radius 3 is 2.81 bits per heavy atom. The van der Waals surface area contributed by atoms with Crippen molar-refractivity contribution in [1.29, 1.82) is 0 Å². The molecule has 0 saturated heterocycles. The van der Waals surface area contributed by atoms with Gasteiger partial charge in [-0.2, -0.15) is 0 Å². The first-order valence-corrected chi connectivity index (χ1v) is 11.0. The van der Waals surface area contributed by atoms with Crippen LogP contribution in [0.1, 0.15) is 35.1 Å². The van der Waals surface area contributed by atoms with Gasteiger partial charge in [0.2, 0.25) is 10.0 Å². The van der Waals surface area contributed by atoms with Crippen LogP contribution < -0.4 is 9.62 Å². The Kier molecular flexibility index (Phi) is 5.55. The van der Waals surface area contributed by atoms with Gasteiger partial charge in [0.05, 0.1) is 11.9 Å². The fourth-order valence-corrected chi connectivity index (χ4v) is 4.41. The molecule has 1 aromatic heterocycles. The summed E-state index contributed by atoms with van der Waals surface area (Å²) < 4.78 is 27.4. The van der Waals surface area contributed by atoms with E-state index >= 15 is 0 Å². The van der Waals surface area contributed by atoms with E-state index in [-0.39, 0.29) is 11.8 Å². The number of imidazole rings is 1. The number of rotatable bonds is 6. The number of nitrogens with one attached hydrogen (secondary N) is 1. The van der Waals surface area contributed by atoms with Gasteiger partial charge in [0.1, 0.15) is 5.82 Å². The SMILES string of the molecule is Cc1nccn1C[C@@H](C)CNC(=O)c1ccc2c(c1)CCCN2S(C)(=O)=O. The molecule has 1 N–H and O–H groups in total. The molecule has 1 aliphatic heterocycles. The second-order valence-electron chi connectivity index (χ2n) is 7.22. The Bertz CT molecular complexity index is 936. The number of amides is 1. The summed E-state index contributed by atoms with van der Waals surface area (Å²) in [5.41, 5.74) is 2.15. The number of fused-ring (bicyclic) bond motifs is 1. The molecule has 1 amide bonds. The van der Waals surface area contributed by atoms with Gasteiger partial charge in [-0.3, -0.25) is 9.10 Å². The molecule has 7 nitrogen and oxygen atoms in total. The fourth-order valence-electron chi connectivity index (χ4n) is 3.41. The number of sulfonamides is 1. The predicted molar refractivity (Wildman–Crippen MR) is 105 cm³/mol. The van der Waals surface area contributed by atoms with Gasteiger partial charge in [0.15, 0.2) is 0 Å². The molecule has 2 heterocycles. The van der Waals surface area contributed by atoms with Crippen molar-refractivity contribution < 1.29 is 13.2 Å². The highest BCUT2D eigenvalue weighted by Crippen LogP contribution is 2.29. The van der Waals surface area contributed by atoms with Gasteiger partial charge >= 0.3 is 0 Å². The van der Waals surface area contributed by atoms with Gasteiger partial charge in [-0.1, -0.05) is 6.92 Å². The molecule has 1 aromatic carbocycles. The van der Waals surface area contributed by atoms with Gasteiger partial charge in [-0.15, -0.1) is 0 Å². The third-order valence-corrected chi connectivity index (χ3v) is 6.04.